The first-order valence-corrected chi connectivity index (χ1v) is 7.97. The van der Waals surface area contributed by atoms with E-state index in [4.69, 9.17) is 5.73 Å². The van der Waals surface area contributed by atoms with Crippen LogP contribution in [0.2, 0.25) is 0 Å². The Hall–Kier alpha value is -0.900. The molecule has 1 aliphatic carbocycles. The highest BCUT2D eigenvalue weighted by atomic mass is 15.4. The van der Waals surface area contributed by atoms with Crippen LogP contribution in [-0.4, -0.2) is 21.5 Å². The third-order valence-corrected chi connectivity index (χ3v) is 4.14. The first kappa shape index (κ1) is 14.5. The lowest BCUT2D eigenvalue weighted by atomic mass is 9.89. The maximum Gasteiger partial charge on any atom is 0.0827 e. The van der Waals surface area contributed by atoms with Crippen LogP contribution < -0.4 is 5.73 Å². The summed E-state index contributed by atoms with van der Waals surface area (Å²) in [6.07, 6.45) is 15.0. The van der Waals surface area contributed by atoms with E-state index in [2.05, 4.69) is 21.2 Å². The summed E-state index contributed by atoms with van der Waals surface area (Å²) in [5, 5.41) is 8.56. The molecular formula is C15H28N4. The van der Waals surface area contributed by atoms with Crippen molar-refractivity contribution in [3.63, 3.8) is 0 Å². The molecule has 0 bridgehead atoms. The van der Waals surface area contributed by atoms with Gasteiger partial charge in [-0.05, 0) is 44.6 Å². The summed E-state index contributed by atoms with van der Waals surface area (Å²) in [6.45, 7) is 1.89. The van der Waals surface area contributed by atoms with E-state index in [0.717, 1.165) is 37.5 Å². The summed E-state index contributed by atoms with van der Waals surface area (Å²) in [4.78, 5) is 0. The zero-order valence-electron chi connectivity index (χ0n) is 12.1. The summed E-state index contributed by atoms with van der Waals surface area (Å²) < 4.78 is 2.06. The predicted octanol–water partition coefficient (Wildman–Crippen LogP) is 2.92. The smallest absolute Gasteiger partial charge is 0.0827 e. The summed E-state index contributed by atoms with van der Waals surface area (Å²) in [7, 11) is 0. The molecule has 0 amide bonds. The zero-order valence-corrected chi connectivity index (χ0v) is 12.1. The van der Waals surface area contributed by atoms with Gasteiger partial charge in [0.15, 0.2) is 0 Å². The Kier molecular flexibility index (Phi) is 6.34. The van der Waals surface area contributed by atoms with Crippen molar-refractivity contribution in [3.8, 4) is 0 Å². The van der Waals surface area contributed by atoms with Crippen molar-refractivity contribution >= 4 is 0 Å². The van der Waals surface area contributed by atoms with Crippen LogP contribution in [0.4, 0.5) is 0 Å². The van der Waals surface area contributed by atoms with E-state index in [0.29, 0.717) is 0 Å². The third kappa shape index (κ3) is 5.31. The van der Waals surface area contributed by atoms with Gasteiger partial charge in [0.1, 0.15) is 0 Å². The van der Waals surface area contributed by atoms with Crippen molar-refractivity contribution in [1.29, 1.82) is 0 Å². The molecule has 0 spiro atoms. The van der Waals surface area contributed by atoms with Crippen LogP contribution in [0.15, 0.2) is 6.20 Å². The standard InChI is InChI=1S/C15H28N4/c16-11-7-2-1-6-10-15-13-19(18-17-15)12-14-8-4-3-5-9-14/h13-14H,1-12,16H2. The highest BCUT2D eigenvalue weighted by Crippen LogP contribution is 2.24. The fraction of sp³-hybridized carbons (Fsp3) is 0.867. The largest absolute Gasteiger partial charge is 0.330 e. The number of unbranched alkanes of at least 4 members (excludes halogenated alkanes) is 3. The van der Waals surface area contributed by atoms with Crippen LogP contribution in [-0.2, 0) is 13.0 Å². The van der Waals surface area contributed by atoms with Crippen molar-refractivity contribution < 1.29 is 0 Å². The Morgan fingerprint density at radius 2 is 1.89 bits per heavy atom. The van der Waals surface area contributed by atoms with Crippen molar-refractivity contribution in [3.05, 3.63) is 11.9 Å². The van der Waals surface area contributed by atoms with Gasteiger partial charge in [-0.1, -0.05) is 37.3 Å². The molecule has 0 aromatic carbocycles. The lowest BCUT2D eigenvalue weighted by Crippen LogP contribution is -2.14. The normalized spacial score (nSPS) is 16.9. The summed E-state index contributed by atoms with van der Waals surface area (Å²) in [6, 6.07) is 0. The molecular weight excluding hydrogens is 236 g/mol. The second kappa shape index (κ2) is 8.31. The van der Waals surface area contributed by atoms with Crippen LogP contribution in [0.25, 0.3) is 0 Å². The molecule has 2 rings (SSSR count). The molecule has 0 unspecified atom stereocenters. The molecule has 1 saturated carbocycles. The van der Waals surface area contributed by atoms with Crippen molar-refractivity contribution in [1.82, 2.24) is 15.0 Å². The van der Waals surface area contributed by atoms with Crippen molar-refractivity contribution in [2.24, 2.45) is 11.7 Å². The molecule has 1 aromatic heterocycles. The predicted molar refractivity (Wildman–Crippen MR) is 77.8 cm³/mol. The van der Waals surface area contributed by atoms with Gasteiger partial charge in [-0.2, -0.15) is 0 Å². The monoisotopic (exact) mass is 264 g/mol. The summed E-state index contributed by atoms with van der Waals surface area (Å²) in [5.74, 6) is 0.827. The van der Waals surface area contributed by atoms with Crippen LogP contribution >= 0.6 is 0 Å². The molecule has 4 heteroatoms. The maximum atomic E-state index is 5.49. The summed E-state index contributed by atoms with van der Waals surface area (Å²) in [5.41, 5.74) is 6.64. The fourth-order valence-corrected chi connectivity index (χ4v) is 2.98. The number of nitrogens with two attached hydrogens (primary N) is 1. The molecule has 0 atom stereocenters. The Morgan fingerprint density at radius 3 is 2.68 bits per heavy atom. The first-order valence-electron chi connectivity index (χ1n) is 7.97. The highest BCUT2D eigenvalue weighted by Gasteiger charge is 2.14. The number of hydrogen-bond acceptors (Lipinski definition) is 3. The van der Waals surface area contributed by atoms with E-state index in [-0.39, 0.29) is 0 Å². The lowest BCUT2D eigenvalue weighted by molar-refractivity contribution is 0.305. The van der Waals surface area contributed by atoms with Gasteiger partial charge in [-0.15, -0.1) is 5.10 Å². The molecule has 108 valence electrons. The maximum absolute atomic E-state index is 5.49. The SMILES string of the molecule is NCCCCCCc1cn(CC2CCCCC2)nn1. The second-order valence-electron chi connectivity index (χ2n) is 5.89. The number of hydrogen-bond donors (Lipinski definition) is 1. The van der Waals surface area contributed by atoms with Gasteiger partial charge < -0.3 is 5.73 Å². The number of aromatic nitrogens is 3. The number of aryl methyl sites for hydroxylation is 1. The lowest BCUT2D eigenvalue weighted by Gasteiger charge is -2.20. The van der Waals surface area contributed by atoms with Gasteiger partial charge in [0.2, 0.25) is 0 Å². The van der Waals surface area contributed by atoms with E-state index < -0.39 is 0 Å². The minimum Gasteiger partial charge on any atom is -0.330 e. The topological polar surface area (TPSA) is 56.7 Å². The molecule has 1 heterocycles. The Labute approximate surface area is 116 Å². The van der Waals surface area contributed by atoms with E-state index >= 15 is 0 Å². The second-order valence-corrected chi connectivity index (χ2v) is 5.89. The van der Waals surface area contributed by atoms with Gasteiger partial charge >= 0.3 is 0 Å². The molecule has 0 saturated heterocycles. The van der Waals surface area contributed by atoms with E-state index in [9.17, 15) is 0 Å². The van der Waals surface area contributed by atoms with Gasteiger partial charge in [0, 0.05) is 12.7 Å². The quantitative estimate of drug-likeness (QED) is 0.734. The summed E-state index contributed by atoms with van der Waals surface area (Å²) >= 11 is 0. The van der Waals surface area contributed by atoms with E-state index in [1.807, 2.05) is 0 Å². The average molecular weight is 264 g/mol. The Balaban J connectivity index is 1.66. The fourth-order valence-electron chi connectivity index (χ4n) is 2.98. The zero-order chi connectivity index (χ0) is 13.3. The third-order valence-electron chi connectivity index (χ3n) is 4.14. The van der Waals surface area contributed by atoms with Crippen molar-refractivity contribution in [2.75, 3.05) is 6.54 Å². The molecule has 1 aliphatic rings. The molecule has 1 fully saturated rings. The van der Waals surface area contributed by atoms with Gasteiger partial charge in [0.05, 0.1) is 5.69 Å². The Bertz CT molecular complexity index is 342. The molecule has 2 N–H and O–H groups in total. The van der Waals surface area contributed by atoms with Gasteiger partial charge in [-0.3, -0.25) is 4.68 Å². The minimum atomic E-state index is 0.817. The highest BCUT2D eigenvalue weighted by molar-refractivity contribution is 4.92. The molecule has 0 radical (unpaired) electrons. The molecule has 0 aliphatic heterocycles. The number of nitrogens with zero attached hydrogens (tertiary/aromatic N) is 3. The van der Waals surface area contributed by atoms with Crippen LogP contribution in [0.3, 0.4) is 0 Å². The van der Waals surface area contributed by atoms with E-state index in [1.165, 1.54) is 51.4 Å². The van der Waals surface area contributed by atoms with Gasteiger partial charge in [-0.25, -0.2) is 0 Å². The van der Waals surface area contributed by atoms with E-state index in [1.54, 1.807) is 0 Å². The van der Waals surface area contributed by atoms with Crippen LogP contribution in [0.5, 0.6) is 0 Å². The molecule has 19 heavy (non-hydrogen) atoms. The molecule has 1 aromatic rings. The van der Waals surface area contributed by atoms with Crippen LogP contribution in [0, 0.1) is 5.92 Å². The van der Waals surface area contributed by atoms with Crippen LogP contribution in [0.1, 0.15) is 63.5 Å². The average Bonchev–Trinajstić information content (AvgIpc) is 2.87. The Morgan fingerprint density at radius 1 is 1.11 bits per heavy atom. The number of rotatable bonds is 8. The van der Waals surface area contributed by atoms with Crippen molar-refractivity contribution in [2.45, 2.75) is 70.8 Å². The molecule has 4 nitrogen and oxygen atoms in total. The minimum absolute atomic E-state index is 0.817. The van der Waals surface area contributed by atoms with Gasteiger partial charge in [0.25, 0.3) is 0 Å². The first-order chi connectivity index (χ1) is 9.38.